The number of ether oxygens (including phenoxy) is 2. The van der Waals surface area contributed by atoms with Crippen LogP contribution in [0.25, 0.3) is 0 Å². The van der Waals surface area contributed by atoms with Crippen molar-refractivity contribution < 1.29 is 23.9 Å². The van der Waals surface area contributed by atoms with Gasteiger partial charge in [0.05, 0.1) is 13.2 Å². The van der Waals surface area contributed by atoms with E-state index in [0.717, 1.165) is 94.3 Å². The van der Waals surface area contributed by atoms with Gasteiger partial charge in [0.25, 0.3) is 0 Å². The van der Waals surface area contributed by atoms with Crippen LogP contribution in [0.1, 0.15) is 114 Å². The molecule has 2 N–H and O–H groups in total. The first-order chi connectivity index (χ1) is 24.0. The van der Waals surface area contributed by atoms with E-state index in [1.807, 2.05) is 0 Å². The van der Waals surface area contributed by atoms with Crippen molar-refractivity contribution in [3.63, 3.8) is 0 Å². The zero-order chi connectivity index (χ0) is 34.3. The monoisotopic (exact) mass is 670 g/mol. The Morgan fingerprint density at radius 2 is 1.10 bits per heavy atom. The summed E-state index contributed by atoms with van der Waals surface area (Å²) < 4.78 is 12.4. The standard InChI is InChI=1S/C42H58N2O5/c1-32(46)43-22-8-4-2-6-10-25-48-39-18-14-35(15-19-39)42(37-28-33-27-34(30-37)31-38(42)29-33)36-16-20-40(21-17-36)49-26-11-7-3-5-9-23-44-41(47)13-12-24-45/h12-21,24,33-34,37-38H,2-11,22-23,25-31H2,1H3,(H,43,46)(H,44,47)/b13-12-. The SMILES string of the molecule is CC(=O)NCCCCCCCOc1ccc(C2(c3ccc(OCCCCCCCNC(=O)/C=C\C=O)cc3)C3CC4CC(C3)CC2C4)cc1. The third-order valence-electron chi connectivity index (χ3n) is 11.3. The van der Waals surface area contributed by atoms with Gasteiger partial charge >= 0.3 is 0 Å². The van der Waals surface area contributed by atoms with Crippen LogP contribution in [-0.4, -0.2) is 44.4 Å². The molecule has 6 rings (SSSR count). The molecule has 0 aliphatic heterocycles. The van der Waals surface area contributed by atoms with Crippen molar-refractivity contribution in [3.8, 4) is 11.5 Å². The fourth-order valence-corrected chi connectivity index (χ4v) is 9.25. The lowest BCUT2D eigenvalue weighted by Crippen LogP contribution is -2.56. The average molecular weight is 671 g/mol. The van der Waals surface area contributed by atoms with Crippen molar-refractivity contribution in [1.82, 2.24) is 10.6 Å². The Morgan fingerprint density at radius 3 is 1.57 bits per heavy atom. The van der Waals surface area contributed by atoms with Crippen molar-refractivity contribution in [2.75, 3.05) is 26.3 Å². The number of rotatable bonds is 22. The summed E-state index contributed by atoms with van der Waals surface area (Å²) in [6, 6.07) is 18.2. The third-order valence-corrected chi connectivity index (χ3v) is 11.3. The van der Waals surface area contributed by atoms with Crippen molar-refractivity contribution in [2.24, 2.45) is 23.7 Å². The van der Waals surface area contributed by atoms with Crippen LogP contribution in [0.5, 0.6) is 11.5 Å². The number of unbranched alkanes of at least 4 members (excludes halogenated alkanes) is 8. The summed E-state index contributed by atoms with van der Waals surface area (Å²) in [4.78, 5) is 32.8. The van der Waals surface area contributed by atoms with Crippen LogP contribution < -0.4 is 20.1 Å². The molecule has 7 nitrogen and oxygen atoms in total. The first-order valence-corrected chi connectivity index (χ1v) is 19.1. The summed E-state index contributed by atoms with van der Waals surface area (Å²) in [5.41, 5.74) is 2.97. The number of amides is 2. The minimum absolute atomic E-state index is 0.0525. The molecule has 49 heavy (non-hydrogen) atoms. The van der Waals surface area contributed by atoms with E-state index in [1.54, 1.807) is 6.92 Å². The predicted octanol–water partition coefficient (Wildman–Crippen LogP) is 8.09. The van der Waals surface area contributed by atoms with Gasteiger partial charge in [-0.15, -0.1) is 0 Å². The van der Waals surface area contributed by atoms with Gasteiger partial charge in [-0.05, 0) is 123 Å². The Balaban J connectivity index is 1.10. The molecule has 0 aromatic heterocycles. The highest BCUT2D eigenvalue weighted by Gasteiger charge is 2.58. The molecule has 7 heteroatoms. The maximum atomic E-state index is 11.5. The van der Waals surface area contributed by atoms with E-state index in [9.17, 15) is 14.4 Å². The summed E-state index contributed by atoms with van der Waals surface area (Å²) in [5, 5.41) is 5.67. The normalized spacial score (nSPS) is 23.8. The third kappa shape index (κ3) is 10.2. The van der Waals surface area contributed by atoms with Crippen molar-refractivity contribution >= 4 is 18.1 Å². The van der Waals surface area contributed by atoms with Crippen LogP contribution in [0.3, 0.4) is 0 Å². The van der Waals surface area contributed by atoms with E-state index in [1.165, 1.54) is 61.8 Å². The molecule has 4 aliphatic rings. The first kappa shape index (κ1) is 36.7. The number of nitrogens with one attached hydrogen (secondary N) is 2. The zero-order valence-corrected chi connectivity index (χ0v) is 29.6. The second-order valence-electron chi connectivity index (χ2n) is 14.7. The average Bonchev–Trinajstić information content (AvgIpc) is 3.10. The summed E-state index contributed by atoms with van der Waals surface area (Å²) in [7, 11) is 0. The first-order valence-electron chi connectivity index (χ1n) is 19.1. The lowest BCUT2D eigenvalue weighted by atomic mass is 9.42. The Kier molecular flexibility index (Phi) is 14.2. The molecule has 0 atom stereocenters. The van der Waals surface area contributed by atoms with Crippen LogP contribution in [0.15, 0.2) is 60.7 Å². The largest absolute Gasteiger partial charge is 0.494 e. The molecule has 4 saturated carbocycles. The fourth-order valence-electron chi connectivity index (χ4n) is 9.25. The van der Waals surface area contributed by atoms with Gasteiger partial charge in [0.2, 0.25) is 11.8 Å². The molecule has 0 unspecified atom stereocenters. The van der Waals surface area contributed by atoms with E-state index in [0.29, 0.717) is 31.3 Å². The minimum atomic E-state index is -0.213. The van der Waals surface area contributed by atoms with Gasteiger partial charge in [-0.3, -0.25) is 14.4 Å². The van der Waals surface area contributed by atoms with Crippen LogP contribution in [-0.2, 0) is 19.8 Å². The molecule has 4 fully saturated rings. The quantitative estimate of drug-likeness (QED) is 0.0751. The minimum Gasteiger partial charge on any atom is -0.494 e. The Bertz CT molecular complexity index is 1320. The fraction of sp³-hybridized carbons (Fsp3) is 0.595. The van der Waals surface area contributed by atoms with Crippen molar-refractivity contribution in [1.29, 1.82) is 0 Å². The molecule has 4 aliphatic carbocycles. The van der Waals surface area contributed by atoms with Crippen LogP contribution in [0, 0.1) is 23.7 Å². The van der Waals surface area contributed by atoms with Gasteiger partial charge in [-0.2, -0.15) is 0 Å². The second kappa shape index (κ2) is 19.0. The predicted molar refractivity (Wildman–Crippen MR) is 195 cm³/mol. The molecule has 0 saturated heterocycles. The zero-order valence-electron chi connectivity index (χ0n) is 29.6. The number of allylic oxidation sites excluding steroid dienone is 1. The topological polar surface area (TPSA) is 93.7 Å². The highest BCUT2D eigenvalue weighted by Crippen LogP contribution is 2.65. The van der Waals surface area contributed by atoms with Gasteiger partial charge in [0.1, 0.15) is 17.8 Å². The van der Waals surface area contributed by atoms with E-state index in [2.05, 4.69) is 59.2 Å². The van der Waals surface area contributed by atoms with E-state index in [-0.39, 0.29) is 17.2 Å². The maximum absolute atomic E-state index is 11.5. The molecule has 2 amide bonds. The molecule has 266 valence electrons. The Hall–Kier alpha value is -3.61. The highest BCUT2D eigenvalue weighted by molar-refractivity contribution is 5.90. The molecular formula is C42H58N2O5. The molecular weight excluding hydrogens is 612 g/mol. The van der Waals surface area contributed by atoms with Gasteiger partial charge in [0, 0.05) is 31.5 Å². The molecule has 0 spiro atoms. The summed E-state index contributed by atoms with van der Waals surface area (Å²) in [5.74, 6) is 4.93. The summed E-state index contributed by atoms with van der Waals surface area (Å²) in [6.45, 7) is 4.44. The second-order valence-corrected chi connectivity index (χ2v) is 14.7. The van der Waals surface area contributed by atoms with Gasteiger partial charge in [-0.1, -0.05) is 62.8 Å². The van der Waals surface area contributed by atoms with Gasteiger partial charge < -0.3 is 20.1 Å². The van der Waals surface area contributed by atoms with Crippen LogP contribution in [0.2, 0.25) is 0 Å². The Morgan fingerprint density at radius 1 is 0.653 bits per heavy atom. The summed E-state index contributed by atoms with van der Waals surface area (Å²) >= 11 is 0. The lowest BCUT2D eigenvalue weighted by molar-refractivity contribution is -0.119. The van der Waals surface area contributed by atoms with Crippen LogP contribution >= 0.6 is 0 Å². The van der Waals surface area contributed by atoms with E-state index in [4.69, 9.17) is 9.47 Å². The molecule has 0 heterocycles. The highest BCUT2D eigenvalue weighted by atomic mass is 16.5. The number of hydrogen-bond donors (Lipinski definition) is 2. The maximum Gasteiger partial charge on any atom is 0.244 e. The van der Waals surface area contributed by atoms with Gasteiger partial charge in [0.15, 0.2) is 0 Å². The number of hydrogen-bond acceptors (Lipinski definition) is 5. The van der Waals surface area contributed by atoms with E-state index >= 15 is 0 Å². The number of carbonyl (C=O) groups excluding carboxylic acids is 3. The molecule has 4 bridgehead atoms. The van der Waals surface area contributed by atoms with Crippen molar-refractivity contribution in [2.45, 2.75) is 109 Å². The Labute approximate surface area is 294 Å². The van der Waals surface area contributed by atoms with Crippen LogP contribution in [0.4, 0.5) is 0 Å². The molecule has 0 radical (unpaired) electrons. The smallest absolute Gasteiger partial charge is 0.244 e. The number of benzene rings is 2. The summed E-state index contributed by atoms with van der Waals surface area (Å²) in [6.07, 6.45) is 20.7. The number of carbonyl (C=O) groups is 3. The van der Waals surface area contributed by atoms with E-state index < -0.39 is 0 Å². The number of aldehydes is 1. The molecule has 2 aromatic carbocycles. The van der Waals surface area contributed by atoms with Crippen molar-refractivity contribution in [3.05, 3.63) is 71.8 Å². The van der Waals surface area contributed by atoms with Gasteiger partial charge in [-0.25, -0.2) is 0 Å². The lowest BCUT2D eigenvalue weighted by Gasteiger charge is -2.62. The molecule has 2 aromatic rings.